The monoisotopic (exact) mass is 355 g/mol. The Kier molecular flexibility index (Phi) is 5.23. The van der Waals surface area contributed by atoms with E-state index >= 15 is 0 Å². The number of hydrogen-bond donors (Lipinski definition) is 2. The lowest BCUT2D eigenvalue weighted by Gasteiger charge is -2.18. The van der Waals surface area contributed by atoms with Gasteiger partial charge in [0.2, 0.25) is 0 Å². The van der Waals surface area contributed by atoms with Gasteiger partial charge in [-0.1, -0.05) is 62.4 Å². The quantitative estimate of drug-likeness (QED) is 0.609. The fourth-order valence-electron chi connectivity index (χ4n) is 3.20. The predicted molar refractivity (Wildman–Crippen MR) is 95.6 cm³/mol. The van der Waals surface area contributed by atoms with E-state index < -0.39 is 18.2 Å². The lowest BCUT2D eigenvalue weighted by atomic mass is 9.98. The first-order chi connectivity index (χ1) is 12.5. The molecule has 0 bridgehead atoms. The molecule has 6 heteroatoms. The first-order valence-electron chi connectivity index (χ1n) is 8.49. The highest BCUT2D eigenvalue weighted by Crippen LogP contribution is 2.44. The Labute approximate surface area is 151 Å². The lowest BCUT2D eigenvalue weighted by Crippen LogP contribution is -2.42. The molecule has 0 heterocycles. The predicted octanol–water partition coefficient (Wildman–Crippen LogP) is 3.57. The van der Waals surface area contributed by atoms with Gasteiger partial charge in [0, 0.05) is 5.92 Å². The van der Waals surface area contributed by atoms with Gasteiger partial charge < -0.3 is 14.7 Å². The second-order valence-corrected chi connectivity index (χ2v) is 6.57. The van der Waals surface area contributed by atoms with Crippen LogP contribution in [0.25, 0.3) is 11.1 Å². The van der Waals surface area contributed by atoms with Crippen molar-refractivity contribution >= 4 is 12.1 Å². The van der Waals surface area contributed by atoms with E-state index in [0.29, 0.717) is 0 Å². The smallest absolute Gasteiger partial charge is 0.480 e. The minimum absolute atomic E-state index is 0.0738. The number of hydroxylamine groups is 1. The first kappa shape index (κ1) is 17.9. The van der Waals surface area contributed by atoms with Gasteiger partial charge in [-0.05, 0) is 28.2 Å². The molecule has 0 aliphatic heterocycles. The van der Waals surface area contributed by atoms with Gasteiger partial charge >= 0.3 is 12.1 Å². The summed E-state index contributed by atoms with van der Waals surface area (Å²) >= 11 is 0. The van der Waals surface area contributed by atoms with Crippen LogP contribution < -0.4 is 5.48 Å². The molecule has 0 radical (unpaired) electrons. The second-order valence-electron chi connectivity index (χ2n) is 6.57. The summed E-state index contributed by atoms with van der Waals surface area (Å²) in [7, 11) is 0. The topological polar surface area (TPSA) is 84.9 Å². The van der Waals surface area contributed by atoms with Crippen LogP contribution in [-0.2, 0) is 14.4 Å². The van der Waals surface area contributed by atoms with Crippen molar-refractivity contribution in [2.24, 2.45) is 5.92 Å². The maximum atomic E-state index is 11.9. The fourth-order valence-corrected chi connectivity index (χ4v) is 3.20. The Morgan fingerprint density at radius 1 is 1.04 bits per heavy atom. The molecule has 1 aliphatic carbocycles. The van der Waals surface area contributed by atoms with Crippen LogP contribution in [0.2, 0.25) is 0 Å². The highest BCUT2D eigenvalue weighted by molar-refractivity contribution is 5.79. The summed E-state index contributed by atoms with van der Waals surface area (Å²) in [5.74, 6) is -1.41. The molecule has 136 valence electrons. The molecule has 2 aromatic rings. The van der Waals surface area contributed by atoms with E-state index in [1.807, 2.05) is 48.5 Å². The Bertz CT molecular complexity index is 772. The molecular formula is C20H21NO5. The van der Waals surface area contributed by atoms with E-state index in [9.17, 15) is 9.59 Å². The second kappa shape index (κ2) is 7.58. The summed E-state index contributed by atoms with van der Waals surface area (Å²) in [5.41, 5.74) is 6.72. The molecule has 0 unspecified atom stereocenters. The summed E-state index contributed by atoms with van der Waals surface area (Å²) in [4.78, 5) is 27.7. The number of ether oxygens (including phenoxy) is 1. The molecule has 0 saturated carbocycles. The van der Waals surface area contributed by atoms with Crippen molar-refractivity contribution in [3.05, 3.63) is 59.7 Å². The van der Waals surface area contributed by atoms with Gasteiger partial charge in [-0.25, -0.2) is 4.79 Å². The maximum Gasteiger partial charge on any atom is 0.527 e. The van der Waals surface area contributed by atoms with Gasteiger partial charge in [0.25, 0.3) is 0 Å². The third-order valence-electron chi connectivity index (χ3n) is 4.53. The van der Waals surface area contributed by atoms with Crippen LogP contribution >= 0.6 is 0 Å². The van der Waals surface area contributed by atoms with Crippen molar-refractivity contribution in [3.8, 4) is 11.1 Å². The first-order valence-corrected chi connectivity index (χ1v) is 8.49. The SMILES string of the molecule is CC(C)[C@H](NOC(=O)OCC1c2ccccc2-c2ccccc21)C(=O)O. The molecule has 0 fully saturated rings. The minimum Gasteiger partial charge on any atom is -0.480 e. The van der Waals surface area contributed by atoms with E-state index in [0.717, 1.165) is 22.3 Å². The zero-order valence-corrected chi connectivity index (χ0v) is 14.6. The molecule has 3 rings (SSSR count). The largest absolute Gasteiger partial charge is 0.527 e. The average Bonchev–Trinajstić information content (AvgIpc) is 2.93. The molecule has 2 N–H and O–H groups in total. The molecule has 2 aromatic carbocycles. The average molecular weight is 355 g/mol. The molecule has 0 spiro atoms. The van der Waals surface area contributed by atoms with E-state index in [4.69, 9.17) is 14.7 Å². The number of benzene rings is 2. The highest BCUT2D eigenvalue weighted by atomic mass is 16.8. The molecule has 1 aliphatic rings. The summed E-state index contributed by atoms with van der Waals surface area (Å²) < 4.78 is 5.23. The van der Waals surface area contributed by atoms with Crippen molar-refractivity contribution in [3.63, 3.8) is 0 Å². The number of carbonyl (C=O) groups is 2. The lowest BCUT2D eigenvalue weighted by molar-refractivity contribution is -0.144. The number of nitrogens with one attached hydrogen (secondary N) is 1. The normalized spacial score (nSPS) is 13.8. The van der Waals surface area contributed by atoms with Crippen molar-refractivity contribution in [1.82, 2.24) is 5.48 Å². The highest BCUT2D eigenvalue weighted by Gasteiger charge is 2.29. The Hall–Kier alpha value is -2.86. The van der Waals surface area contributed by atoms with Crippen LogP contribution in [0.5, 0.6) is 0 Å². The summed E-state index contributed by atoms with van der Waals surface area (Å²) in [5, 5.41) is 9.08. The molecule has 0 saturated heterocycles. The van der Waals surface area contributed by atoms with E-state index in [-0.39, 0.29) is 18.4 Å². The summed E-state index contributed by atoms with van der Waals surface area (Å²) in [6.45, 7) is 3.55. The van der Waals surface area contributed by atoms with E-state index in [1.54, 1.807) is 13.8 Å². The Balaban J connectivity index is 1.65. The Morgan fingerprint density at radius 2 is 1.58 bits per heavy atom. The van der Waals surface area contributed by atoms with Gasteiger partial charge in [-0.15, -0.1) is 5.48 Å². The number of rotatable bonds is 6. The standard InChI is InChI=1S/C20H21NO5/c1-12(2)18(19(22)23)21-26-20(24)25-11-17-15-9-5-3-7-13(15)14-8-4-6-10-16(14)17/h3-10,12,17-18,21H,11H2,1-2H3,(H,22,23)/t18-/m0/s1. The van der Waals surface area contributed by atoms with E-state index in [2.05, 4.69) is 5.48 Å². The molecule has 1 atom stereocenters. The number of carboxylic acids is 1. The third kappa shape index (κ3) is 3.55. The number of carboxylic acid groups (broad SMARTS) is 1. The molecule has 6 nitrogen and oxygen atoms in total. The maximum absolute atomic E-state index is 11.9. The van der Waals surface area contributed by atoms with Crippen LogP contribution in [0.1, 0.15) is 30.9 Å². The number of aliphatic carboxylic acids is 1. The van der Waals surface area contributed by atoms with Crippen LogP contribution in [0.4, 0.5) is 4.79 Å². The minimum atomic E-state index is -1.09. The number of fused-ring (bicyclic) bond motifs is 3. The van der Waals surface area contributed by atoms with Crippen LogP contribution in [-0.4, -0.2) is 29.9 Å². The van der Waals surface area contributed by atoms with Crippen LogP contribution in [0, 0.1) is 5.92 Å². The van der Waals surface area contributed by atoms with E-state index in [1.165, 1.54) is 0 Å². The molecule has 26 heavy (non-hydrogen) atoms. The van der Waals surface area contributed by atoms with Crippen molar-refractivity contribution < 1.29 is 24.3 Å². The number of hydrogen-bond acceptors (Lipinski definition) is 5. The van der Waals surface area contributed by atoms with Crippen molar-refractivity contribution in [2.75, 3.05) is 6.61 Å². The summed E-state index contributed by atoms with van der Waals surface area (Å²) in [6, 6.07) is 15.0. The zero-order valence-electron chi connectivity index (χ0n) is 14.6. The fraction of sp³-hybridized carbons (Fsp3) is 0.300. The zero-order chi connectivity index (χ0) is 18.7. The van der Waals surface area contributed by atoms with Gasteiger partial charge in [0.05, 0.1) is 0 Å². The molecule has 0 amide bonds. The van der Waals surface area contributed by atoms with Gasteiger partial charge in [-0.2, -0.15) is 0 Å². The number of carbonyl (C=O) groups excluding carboxylic acids is 1. The Morgan fingerprint density at radius 3 is 2.08 bits per heavy atom. The molecule has 0 aromatic heterocycles. The van der Waals surface area contributed by atoms with Crippen LogP contribution in [0.3, 0.4) is 0 Å². The van der Waals surface area contributed by atoms with Gasteiger partial charge in [-0.3, -0.25) is 4.79 Å². The van der Waals surface area contributed by atoms with Crippen LogP contribution in [0.15, 0.2) is 48.5 Å². The van der Waals surface area contributed by atoms with Gasteiger partial charge in [0.15, 0.2) is 0 Å². The third-order valence-corrected chi connectivity index (χ3v) is 4.53. The van der Waals surface area contributed by atoms with Crippen molar-refractivity contribution in [1.29, 1.82) is 0 Å². The van der Waals surface area contributed by atoms with Gasteiger partial charge in [0.1, 0.15) is 12.6 Å². The molecular weight excluding hydrogens is 334 g/mol. The summed E-state index contributed by atoms with van der Waals surface area (Å²) in [6.07, 6.45) is -0.946. The van der Waals surface area contributed by atoms with Crippen molar-refractivity contribution in [2.45, 2.75) is 25.8 Å².